The van der Waals surface area contributed by atoms with Gasteiger partial charge in [0.15, 0.2) is 0 Å². The normalized spacial score (nSPS) is 13.0. The predicted molar refractivity (Wildman–Crippen MR) is 46.5 cm³/mol. The molecule has 60 valence electrons. The molecule has 0 saturated carbocycles. The average Bonchev–Trinajstić information content (AvgIpc) is 1.88. The first-order valence-corrected chi connectivity index (χ1v) is 4.94. The fraction of sp³-hybridized carbons (Fsp3) is 0.833. The Bertz CT molecular complexity index is 110. The fourth-order valence-corrected chi connectivity index (χ4v) is 1.16. The zero-order valence-electron chi connectivity index (χ0n) is 5.97. The molecule has 2 nitrogen and oxygen atoms in total. The van der Waals surface area contributed by atoms with E-state index < -0.39 is 11.3 Å². The van der Waals surface area contributed by atoms with E-state index in [1.165, 1.54) is 0 Å². The van der Waals surface area contributed by atoms with Crippen molar-refractivity contribution < 1.29 is 4.79 Å². The van der Waals surface area contributed by atoms with Crippen molar-refractivity contribution in [3.63, 3.8) is 0 Å². The number of rotatable bonds is 5. The second-order valence-corrected chi connectivity index (χ2v) is 3.52. The summed E-state index contributed by atoms with van der Waals surface area (Å²) in [6, 6.07) is 0. The number of alkyl halides is 1. The first kappa shape index (κ1) is 10.1. The zero-order chi connectivity index (χ0) is 7.98. The predicted octanol–water partition coefficient (Wildman–Crippen LogP) is 1.22. The van der Waals surface area contributed by atoms with E-state index in [0.717, 1.165) is 12.2 Å². The molecule has 2 N–H and O–H groups in total. The van der Waals surface area contributed by atoms with Crippen molar-refractivity contribution in [1.29, 1.82) is 0 Å². The molecule has 1 unspecified atom stereocenters. The molecule has 0 aromatic carbocycles. The lowest BCUT2D eigenvalue weighted by atomic mass is 10.2. The molecule has 4 heteroatoms. The van der Waals surface area contributed by atoms with Crippen LogP contribution >= 0.6 is 23.4 Å². The Hall–Kier alpha value is 0.110. The molecule has 0 spiro atoms. The molecule has 0 bridgehead atoms. The molecule has 0 radical (unpaired) electrons. The van der Waals surface area contributed by atoms with Crippen LogP contribution in [0.2, 0.25) is 0 Å². The summed E-state index contributed by atoms with van der Waals surface area (Å²) >= 11 is 7.31. The van der Waals surface area contributed by atoms with Gasteiger partial charge in [-0.05, 0) is 24.9 Å². The molecule has 1 atom stereocenters. The lowest BCUT2D eigenvalue weighted by molar-refractivity contribution is -0.117. The molecule has 0 aromatic rings. The maximum absolute atomic E-state index is 10.4. The summed E-state index contributed by atoms with van der Waals surface area (Å²) in [5, 5.41) is -0.479. The van der Waals surface area contributed by atoms with Crippen molar-refractivity contribution in [3.05, 3.63) is 0 Å². The summed E-state index contributed by atoms with van der Waals surface area (Å²) in [6.07, 6.45) is 3.67. The van der Waals surface area contributed by atoms with Crippen LogP contribution in [-0.4, -0.2) is 23.3 Å². The Morgan fingerprint density at radius 3 is 2.80 bits per heavy atom. The van der Waals surface area contributed by atoms with E-state index in [4.69, 9.17) is 17.3 Å². The Balaban J connectivity index is 3.21. The van der Waals surface area contributed by atoms with Gasteiger partial charge in [-0.3, -0.25) is 4.79 Å². The topological polar surface area (TPSA) is 43.1 Å². The number of halogens is 1. The van der Waals surface area contributed by atoms with Gasteiger partial charge < -0.3 is 5.73 Å². The van der Waals surface area contributed by atoms with Gasteiger partial charge in [0.05, 0.1) is 0 Å². The lowest BCUT2D eigenvalue weighted by Crippen LogP contribution is -2.23. The highest BCUT2D eigenvalue weighted by Crippen LogP contribution is 2.07. The summed E-state index contributed by atoms with van der Waals surface area (Å²) in [7, 11) is 0. The van der Waals surface area contributed by atoms with Gasteiger partial charge in [-0.1, -0.05) is 0 Å². The third kappa shape index (κ3) is 4.94. The van der Waals surface area contributed by atoms with Crippen LogP contribution in [0.25, 0.3) is 0 Å². The van der Waals surface area contributed by atoms with E-state index in [9.17, 15) is 4.79 Å². The van der Waals surface area contributed by atoms with Gasteiger partial charge >= 0.3 is 0 Å². The molecule has 0 aliphatic carbocycles. The van der Waals surface area contributed by atoms with Gasteiger partial charge in [-0.2, -0.15) is 11.8 Å². The van der Waals surface area contributed by atoms with Gasteiger partial charge in [0.1, 0.15) is 5.38 Å². The standard InChI is InChI=1S/C6H12ClNOS/c1-10-4-2-3-5(7)6(8)9/h5H,2-4H2,1H3,(H2,8,9). The molecule has 0 saturated heterocycles. The molecule has 0 heterocycles. The highest BCUT2D eigenvalue weighted by molar-refractivity contribution is 7.98. The van der Waals surface area contributed by atoms with Gasteiger partial charge in [-0.25, -0.2) is 0 Å². The second-order valence-electron chi connectivity index (χ2n) is 2.00. The largest absolute Gasteiger partial charge is 0.368 e. The monoisotopic (exact) mass is 181 g/mol. The first-order valence-electron chi connectivity index (χ1n) is 3.10. The maximum atomic E-state index is 10.4. The van der Waals surface area contributed by atoms with E-state index in [2.05, 4.69) is 0 Å². The first-order chi connectivity index (χ1) is 4.68. The highest BCUT2D eigenvalue weighted by Gasteiger charge is 2.09. The van der Waals surface area contributed by atoms with E-state index in [1.54, 1.807) is 11.8 Å². The molecule has 0 rings (SSSR count). The van der Waals surface area contributed by atoms with Crippen molar-refractivity contribution in [1.82, 2.24) is 0 Å². The van der Waals surface area contributed by atoms with Crippen LogP contribution in [0.3, 0.4) is 0 Å². The Morgan fingerprint density at radius 1 is 1.80 bits per heavy atom. The fourth-order valence-electron chi connectivity index (χ4n) is 0.549. The highest BCUT2D eigenvalue weighted by atomic mass is 35.5. The number of nitrogens with two attached hydrogens (primary N) is 1. The number of amides is 1. The van der Waals surface area contributed by atoms with E-state index in [0.29, 0.717) is 6.42 Å². The SMILES string of the molecule is CSCCCC(Cl)C(N)=O. The van der Waals surface area contributed by atoms with Crippen LogP contribution in [0, 0.1) is 0 Å². The van der Waals surface area contributed by atoms with Gasteiger partial charge in [0.2, 0.25) is 5.91 Å². The van der Waals surface area contributed by atoms with E-state index in [1.807, 2.05) is 6.26 Å². The molecule has 0 aliphatic rings. The van der Waals surface area contributed by atoms with Crippen molar-refractivity contribution >= 4 is 29.3 Å². The number of thioether (sulfide) groups is 1. The summed E-state index contributed by atoms with van der Waals surface area (Å²) in [4.78, 5) is 10.4. The second kappa shape index (κ2) is 5.86. The molecular formula is C6H12ClNOS. The average molecular weight is 182 g/mol. The Morgan fingerprint density at radius 2 is 2.40 bits per heavy atom. The van der Waals surface area contributed by atoms with Crippen LogP contribution < -0.4 is 5.73 Å². The van der Waals surface area contributed by atoms with Crippen LogP contribution in [0.5, 0.6) is 0 Å². The third-order valence-corrected chi connectivity index (χ3v) is 2.24. The van der Waals surface area contributed by atoms with Crippen molar-refractivity contribution in [2.45, 2.75) is 18.2 Å². The number of hydrogen-bond donors (Lipinski definition) is 1. The minimum absolute atomic E-state index is 0.414. The molecule has 0 fully saturated rings. The number of hydrogen-bond acceptors (Lipinski definition) is 2. The Kier molecular flexibility index (Phi) is 5.93. The Labute approximate surface area is 70.5 Å². The zero-order valence-corrected chi connectivity index (χ0v) is 7.54. The van der Waals surface area contributed by atoms with E-state index >= 15 is 0 Å². The minimum Gasteiger partial charge on any atom is -0.368 e. The van der Waals surface area contributed by atoms with Gasteiger partial charge in [-0.15, -0.1) is 11.6 Å². The number of primary amides is 1. The summed E-state index contributed by atoms with van der Waals surface area (Å²) in [5.74, 6) is 0.624. The molecule has 1 amide bonds. The van der Waals surface area contributed by atoms with Crippen molar-refractivity contribution in [2.24, 2.45) is 5.73 Å². The third-order valence-electron chi connectivity index (χ3n) is 1.11. The van der Waals surface area contributed by atoms with E-state index in [-0.39, 0.29) is 0 Å². The van der Waals surface area contributed by atoms with Gasteiger partial charge in [0, 0.05) is 0 Å². The summed E-state index contributed by atoms with van der Waals surface area (Å²) in [6.45, 7) is 0. The molecule has 0 aliphatic heterocycles. The number of carbonyl (C=O) groups is 1. The maximum Gasteiger partial charge on any atom is 0.235 e. The smallest absolute Gasteiger partial charge is 0.235 e. The van der Waals surface area contributed by atoms with Crippen molar-refractivity contribution in [2.75, 3.05) is 12.0 Å². The van der Waals surface area contributed by atoms with Gasteiger partial charge in [0.25, 0.3) is 0 Å². The molecule has 0 aromatic heterocycles. The van der Waals surface area contributed by atoms with Crippen LogP contribution in [0.4, 0.5) is 0 Å². The number of carbonyl (C=O) groups excluding carboxylic acids is 1. The molecule has 10 heavy (non-hydrogen) atoms. The summed E-state index contributed by atoms with van der Waals surface area (Å²) in [5.41, 5.74) is 4.94. The quantitative estimate of drug-likeness (QED) is 0.512. The molecular weight excluding hydrogens is 170 g/mol. The minimum atomic E-state index is -0.479. The van der Waals surface area contributed by atoms with Crippen LogP contribution in [-0.2, 0) is 4.79 Å². The van der Waals surface area contributed by atoms with Crippen LogP contribution in [0.1, 0.15) is 12.8 Å². The summed E-state index contributed by atoms with van der Waals surface area (Å²) < 4.78 is 0. The lowest BCUT2D eigenvalue weighted by Gasteiger charge is -2.02. The van der Waals surface area contributed by atoms with Crippen LogP contribution in [0.15, 0.2) is 0 Å². The van der Waals surface area contributed by atoms with Crippen molar-refractivity contribution in [3.8, 4) is 0 Å².